The molecule has 0 heterocycles. The van der Waals surface area contributed by atoms with Gasteiger partial charge in [-0.05, 0) is 42.3 Å². The van der Waals surface area contributed by atoms with E-state index in [4.69, 9.17) is 16.9 Å². The summed E-state index contributed by atoms with van der Waals surface area (Å²) in [6.45, 7) is 2.27. The number of rotatable bonds is 3. The Kier molecular flexibility index (Phi) is 5.03. The number of anilines is 1. The SMILES string of the molecule is Cc1c(Cl)cccc1NC(=O)N(C)Cc1cccc(C#N)c1. The number of carbonyl (C=O) groups is 1. The number of benzene rings is 2. The van der Waals surface area contributed by atoms with E-state index in [1.807, 2.05) is 19.1 Å². The van der Waals surface area contributed by atoms with Crippen LogP contribution in [0.2, 0.25) is 5.02 Å². The maximum Gasteiger partial charge on any atom is 0.321 e. The van der Waals surface area contributed by atoms with Crippen LogP contribution in [0.3, 0.4) is 0 Å². The zero-order chi connectivity index (χ0) is 16.1. The highest BCUT2D eigenvalue weighted by atomic mass is 35.5. The van der Waals surface area contributed by atoms with Crippen LogP contribution in [0.25, 0.3) is 0 Å². The minimum Gasteiger partial charge on any atom is -0.323 e. The van der Waals surface area contributed by atoms with Gasteiger partial charge in [0.1, 0.15) is 0 Å². The molecule has 2 aromatic carbocycles. The van der Waals surface area contributed by atoms with Crippen molar-refractivity contribution in [2.24, 2.45) is 0 Å². The molecule has 0 aromatic heterocycles. The second kappa shape index (κ2) is 6.97. The fourth-order valence-corrected chi connectivity index (χ4v) is 2.21. The summed E-state index contributed by atoms with van der Waals surface area (Å²) < 4.78 is 0. The van der Waals surface area contributed by atoms with Crippen molar-refractivity contribution in [2.75, 3.05) is 12.4 Å². The molecule has 2 amide bonds. The Balaban J connectivity index is 2.06. The molecule has 5 heteroatoms. The number of hydrogen-bond donors (Lipinski definition) is 1. The highest BCUT2D eigenvalue weighted by molar-refractivity contribution is 6.31. The van der Waals surface area contributed by atoms with Crippen LogP contribution < -0.4 is 5.32 Å². The smallest absolute Gasteiger partial charge is 0.321 e. The minimum atomic E-state index is -0.229. The van der Waals surface area contributed by atoms with Gasteiger partial charge in [0, 0.05) is 24.3 Å². The van der Waals surface area contributed by atoms with Crippen molar-refractivity contribution in [1.29, 1.82) is 5.26 Å². The maximum atomic E-state index is 12.2. The van der Waals surface area contributed by atoms with Gasteiger partial charge in [-0.2, -0.15) is 5.26 Å². The van der Waals surface area contributed by atoms with Gasteiger partial charge in [0.25, 0.3) is 0 Å². The number of carbonyl (C=O) groups excluding carboxylic acids is 1. The molecule has 4 nitrogen and oxygen atoms in total. The zero-order valence-corrected chi connectivity index (χ0v) is 13.2. The minimum absolute atomic E-state index is 0.229. The Morgan fingerprint density at radius 2 is 2.05 bits per heavy atom. The summed E-state index contributed by atoms with van der Waals surface area (Å²) in [5.41, 5.74) is 3.00. The van der Waals surface area contributed by atoms with Gasteiger partial charge in [-0.1, -0.05) is 29.8 Å². The van der Waals surface area contributed by atoms with Crippen LogP contribution in [-0.4, -0.2) is 18.0 Å². The highest BCUT2D eigenvalue weighted by Gasteiger charge is 2.11. The third-order valence-electron chi connectivity index (χ3n) is 3.33. The van der Waals surface area contributed by atoms with Crippen LogP contribution in [-0.2, 0) is 6.54 Å². The van der Waals surface area contributed by atoms with Gasteiger partial charge < -0.3 is 10.2 Å². The van der Waals surface area contributed by atoms with E-state index in [9.17, 15) is 4.79 Å². The first kappa shape index (κ1) is 15.9. The number of nitrogens with zero attached hydrogens (tertiary/aromatic N) is 2. The quantitative estimate of drug-likeness (QED) is 0.924. The predicted octanol–water partition coefficient (Wildman–Crippen LogP) is 4.18. The Morgan fingerprint density at radius 3 is 2.77 bits per heavy atom. The van der Waals surface area contributed by atoms with E-state index in [1.165, 1.54) is 0 Å². The monoisotopic (exact) mass is 313 g/mol. The topological polar surface area (TPSA) is 56.1 Å². The molecule has 0 spiro atoms. The third-order valence-corrected chi connectivity index (χ3v) is 3.74. The van der Waals surface area contributed by atoms with Gasteiger partial charge in [0.15, 0.2) is 0 Å². The van der Waals surface area contributed by atoms with Gasteiger partial charge in [0.2, 0.25) is 0 Å². The van der Waals surface area contributed by atoms with E-state index in [0.717, 1.165) is 11.1 Å². The van der Waals surface area contributed by atoms with Crippen LogP contribution in [0.5, 0.6) is 0 Å². The number of amides is 2. The van der Waals surface area contributed by atoms with Crippen molar-refractivity contribution in [3.63, 3.8) is 0 Å². The average molecular weight is 314 g/mol. The predicted molar refractivity (Wildman–Crippen MR) is 87.8 cm³/mol. The molecular weight excluding hydrogens is 298 g/mol. The van der Waals surface area contributed by atoms with Gasteiger partial charge in [-0.25, -0.2) is 4.79 Å². The third kappa shape index (κ3) is 3.78. The molecule has 0 radical (unpaired) electrons. The first-order valence-corrected chi connectivity index (χ1v) is 7.15. The molecular formula is C17H16ClN3O. The fraction of sp³-hybridized carbons (Fsp3) is 0.176. The van der Waals surface area contributed by atoms with Crippen molar-refractivity contribution < 1.29 is 4.79 Å². The van der Waals surface area contributed by atoms with Crippen LogP contribution in [0.1, 0.15) is 16.7 Å². The van der Waals surface area contributed by atoms with E-state index in [2.05, 4.69) is 11.4 Å². The summed E-state index contributed by atoms with van der Waals surface area (Å²) in [4.78, 5) is 13.8. The standard InChI is InChI=1S/C17H16ClN3O/c1-12-15(18)7-4-8-16(12)20-17(22)21(2)11-14-6-3-5-13(9-14)10-19/h3-9H,11H2,1-2H3,(H,20,22). The Bertz CT molecular complexity index is 737. The van der Waals surface area contributed by atoms with Crippen LogP contribution >= 0.6 is 11.6 Å². The molecule has 2 aromatic rings. The molecule has 0 atom stereocenters. The van der Waals surface area contributed by atoms with E-state index in [1.54, 1.807) is 42.3 Å². The molecule has 0 aliphatic heterocycles. The van der Waals surface area contributed by atoms with Gasteiger partial charge in [-0.15, -0.1) is 0 Å². The molecule has 2 rings (SSSR count). The molecule has 0 unspecified atom stereocenters. The van der Waals surface area contributed by atoms with E-state index < -0.39 is 0 Å². The van der Waals surface area contributed by atoms with Crippen molar-refractivity contribution in [2.45, 2.75) is 13.5 Å². The molecule has 0 fully saturated rings. The first-order valence-electron chi connectivity index (χ1n) is 6.77. The van der Waals surface area contributed by atoms with Crippen LogP contribution in [0.4, 0.5) is 10.5 Å². The molecule has 0 aliphatic carbocycles. The molecule has 22 heavy (non-hydrogen) atoms. The molecule has 112 valence electrons. The van der Waals surface area contributed by atoms with Crippen molar-refractivity contribution >= 4 is 23.3 Å². The van der Waals surface area contributed by atoms with E-state index in [-0.39, 0.29) is 6.03 Å². The van der Waals surface area contributed by atoms with Crippen LogP contribution in [0, 0.1) is 18.3 Å². The summed E-state index contributed by atoms with van der Waals surface area (Å²) in [7, 11) is 1.70. The summed E-state index contributed by atoms with van der Waals surface area (Å²) in [5, 5.41) is 12.4. The number of hydrogen-bond acceptors (Lipinski definition) is 2. The van der Waals surface area contributed by atoms with Gasteiger partial charge in [-0.3, -0.25) is 0 Å². The second-order valence-corrected chi connectivity index (χ2v) is 5.42. The lowest BCUT2D eigenvalue weighted by molar-refractivity contribution is 0.220. The zero-order valence-electron chi connectivity index (χ0n) is 12.4. The Morgan fingerprint density at radius 1 is 1.32 bits per heavy atom. The number of nitrogens with one attached hydrogen (secondary N) is 1. The summed E-state index contributed by atoms with van der Waals surface area (Å²) in [5.74, 6) is 0. The molecule has 0 bridgehead atoms. The lowest BCUT2D eigenvalue weighted by atomic mass is 10.1. The van der Waals surface area contributed by atoms with Gasteiger partial charge in [0.05, 0.1) is 11.6 Å². The lowest BCUT2D eigenvalue weighted by Crippen LogP contribution is -2.31. The summed E-state index contributed by atoms with van der Waals surface area (Å²) >= 11 is 6.04. The highest BCUT2D eigenvalue weighted by Crippen LogP contribution is 2.23. The van der Waals surface area contributed by atoms with Crippen LogP contribution in [0.15, 0.2) is 42.5 Å². The summed E-state index contributed by atoms with van der Waals surface area (Å²) in [6.07, 6.45) is 0. The first-order chi connectivity index (χ1) is 10.5. The number of urea groups is 1. The number of halogens is 1. The second-order valence-electron chi connectivity index (χ2n) is 5.01. The summed E-state index contributed by atoms with van der Waals surface area (Å²) in [6, 6.07) is 14.4. The van der Waals surface area contributed by atoms with Crippen molar-refractivity contribution in [3.05, 3.63) is 64.2 Å². The molecule has 0 saturated carbocycles. The fourth-order valence-electron chi connectivity index (χ4n) is 2.04. The molecule has 1 N–H and O–H groups in total. The van der Waals surface area contributed by atoms with Gasteiger partial charge >= 0.3 is 6.03 Å². The Hall–Kier alpha value is -2.51. The van der Waals surface area contributed by atoms with Crippen molar-refractivity contribution in [3.8, 4) is 6.07 Å². The number of nitriles is 1. The average Bonchev–Trinajstić information content (AvgIpc) is 2.52. The largest absolute Gasteiger partial charge is 0.323 e. The molecule has 0 saturated heterocycles. The van der Waals surface area contributed by atoms with E-state index >= 15 is 0 Å². The normalized spacial score (nSPS) is 9.91. The maximum absolute atomic E-state index is 12.2. The van der Waals surface area contributed by atoms with E-state index in [0.29, 0.717) is 22.8 Å². The van der Waals surface area contributed by atoms with Crippen molar-refractivity contribution in [1.82, 2.24) is 4.90 Å². The Labute approximate surface area is 134 Å². The lowest BCUT2D eigenvalue weighted by Gasteiger charge is -2.19. The molecule has 0 aliphatic rings.